The molecular weight excluding hydrogens is 300 g/mol. The van der Waals surface area contributed by atoms with Crippen LogP contribution in [0.2, 0.25) is 0 Å². The summed E-state index contributed by atoms with van der Waals surface area (Å²) in [6.07, 6.45) is 1.74. The first-order valence-electron chi connectivity index (χ1n) is 6.30. The molecular formula is C13H21ClN2O3S. The Balaban J connectivity index is 0.00000200. The molecule has 0 fully saturated rings. The Hall–Kier alpha value is -0.820. The third kappa shape index (κ3) is 3.25. The van der Waals surface area contributed by atoms with Gasteiger partial charge in [0.2, 0.25) is 10.0 Å². The predicted octanol–water partition coefficient (Wildman–Crippen LogP) is 1.06. The van der Waals surface area contributed by atoms with Crippen molar-refractivity contribution in [1.82, 2.24) is 9.62 Å². The molecule has 0 atom stereocenters. The summed E-state index contributed by atoms with van der Waals surface area (Å²) in [6, 6.07) is 3.62. The molecule has 1 aliphatic heterocycles. The normalized spacial score (nSPS) is 15.2. The van der Waals surface area contributed by atoms with E-state index in [4.69, 9.17) is 4.74 Å². The van der Waals surface area contributed by atoms with Gasteiger partial charge in [-0.25, -0.2) is 12.7 Å². The van der Waals surface area contributed by atoms with E-state index in [0.29, 0.717) is 5.75 Å². The van der Waals surface area contributed by atoms with Crippen LogP contribution in [0.1, 0.15) is 11.1 Å². The summed E-state index contributed by atoms with van der Waals surface area (Å²) in [5, 5.41) is 3.31. The van der Waals surface area contributed by atoms with Gasteiger partial charge in [-0.3, -0.25) is 0 Å². The van der Waals surface area contributed by atoms with E-state index in [0.717, 1.165) is 31.5 Å². The molecule has 0 unspecified atom stereocenters. The van der Waals surface area contributed by atoms with Gasteiger partial charge in [0.15, 0.2) is 0 Å². The molecule has 0 saturated heterocycles. The summed E-state index contributed by atoms with van der Waals surface area (Å²) in [5.74, 6) is 0.425. The standard InChI is InChI=1S/C13H20N2O3S.ClH/c1-15(2)19(16,17)13-9-11-5-7-14-6-4-10(11)8-12(13)18-3;/h8-9,14H,4-7H2,1-3H3;1H. The fourth-order valence-electron chi connectivity index (χ4n) is 2.24. The second kappa shape index (κ2) is 6.76. The zero-order valence-electron chi connectivity index (χ0n) is 12.0. The highest BCUT2D eigenvalue weighted by molar-refractivity contribution is 7.89. The molecule has 1 aromatic rings. The lowest BCUT2D eigenvalue weighted by molar-refractivity contribution is 0.399. The fraction of sp³-hybridized carbons (Fsp3) is 0.538. The first-order valence-corrected chi connectivity index (χ1v) is 7.74. The van der Waals surface area contributed by atoms with Crippen molar-refractivity contribution in [1.29, 1.82) is 0 Å². The zero-order chi connectivity index (χ0) is 14.0. The van der Waals surface area contributed by atoms with Crippen molar-refractivity contribution < 1.29 is 13.2 Å². The second-order valence-corrected chi connectivity index (χ2v) is 6.93. The van der Waals surface area contributed by atoms with Crippen LogP contribution in [0.4, 0.5) is 0 Å². The van der Waals surface area contributed by atoms with Crippen molar-refractivity contribution in [3.8, 4) is 5.75 Å². The van der Waals surface area contributed by atoms with Crippen LogP contribution in [0.25, 0.3) is 0 Å². The number of fused-ring (bicyclic) bond motifs is 1. The molecule has 5 nitrogen and oxygen atoms in total. The van der Waals surface area contributed by atoms with E-state index >= 15 is 0 Å². The van der Waals surface area contributed by atoms with Crippen LogP contribution in [-0.4, -0.2) is 47.0 Å². The van der Waals surface area contributed by atoms with Gasteiger partial charge in [-0.1, -0.05) is 0 Å². The van der Waals surface area contributed by atoms with Gasteiger partial charge in [-0.15, -0.1) is 12.4 Å². The van der Waals surface area contributed by atoms with Crippen molar-refractivity contribution in [2.45, 2.75) is 17.7 Å². The fourth-order valence-corrected chi connectivity index (χ4v) is 3.32. The van der Waals surface area contributed by atoms with Crippen LogP contribution >= 0.6 is 12.4 Å². The van der Waals surface area contributed by atoms with Gasteiger partial charge >= 0.3 is 0 Å². The molecule has 1 aliphatic rings. The quantitative estimate of drug-likeness (QED) is 0.904. The van der Waals surface area contributed by atoms with E-state index in [1.54, 1.807) is 6.07 Å². The number of rotatable bonds is 3. The smallest absolute Gasteiger partial charge is 0.246 e. The van der Waals surface area contributed by atoms with Gasteiger partial charge in [-0.2, -0.15) is 0 Å². The first kappa shape index (κ1) is 17.2. The monoisotopic (exact) mass is 320 g/mol. The molecule has 7 heteroatoms. The number of nitrogens with zero attached hydrogens (tertiary/aromatic N) is 1. The molecule has 2 rings (SSSR count). The molecule has 0 bridgehead atoms. The molecule has 1 heterocycles. The minimum atomic E-state index is -3.48. The summed E-state index contributed by atoms with van der Waals surface area (Å²) < 4.78 is 31.1. The molecule has 0 spiro atoms. The van der Waals surface area contributed by atoms with Crippen LogP contribution in [0, 0.1) is 0 Å². The molecule has 0 radical (unpaired) electrons. The number of halogens is 1. The van der Waals surface area contributed by atoms with Crippen LogP contribution < -0.4 is 10.1 Å². The van der Waals surface area contributed by atoms with Crippen molar-refractivity contribution in [2.75, 3.05) is 34.3 Å². The van der Waals surface area contributed by atoms with Gasteiger partial charge in [0.05, 0.1) is 7.11 Å². The summed E-state index contributed by atoms with van der Waals surface area (Å²) in [4.78, 5) is 0.251. The number of hydrogen-bond donors (Lipinski definition) is 1. The van der Waals surface area contributed by atoms with Crippen LogP contribution in [0.15, 0.2) is 17.0 Å². The van der Waals surface area contributed by atoms with Gasteiger partial charge in [0, 0.05) is 14.1 Å². The van der Waals surface area contributed by atoms with Crippen LogP contribution in [0.3, 0.4) is 0 Å². The molecule has 0 amide bonds. The second-order valence-electron chi connectivity index (χ2n) is 4.81. The Labute approximate surface area is 126 Å². The third-order valence-corrected chi connectivity index (χ3v) is 5.22. The maximum atomic E-state index is 12.3. The van der Waals surface area contributed by atoms with E-state index < -0.39 is 10.0 Å². The van der Waals surface area contributed by atoms with Gasteiger partial charge in [-0.05, 0) is 49.2 Å². The molecule has 114 valence electrons. The molecule has 1 aromatic carbocycles. The summed E-state index contributed by atoms with van der Waals surface area (Å²) in [5.41, 5.74) is 2.26. The number of benzene rings is 1. The van der Waals surface area contributed by atoms with E-state index in [1.807, 2.05) is 6.07 Å². The number of hydrogen-bond acceptors (Lipinski definition) is 4. The Morgan fingerprint density at radius 3 is 2.20 bits per heavy atom. The average Bonchev–Trinajstić information content (AvgIpc) is 2.61. The topological polar surface area (TPSA) is 58.6 Å². The Morgan fingerprint density at radius 1 is 1.15 bits per heavy atom. The number of ether oxygens (including phenoxy) is 1. The first-order chi connectivity index (χ1) is 8.96. The lowest BCUT2D eigenvalue weighted by Crippen LogP contribution is -2.23. The molecule has 1 N–H and O–H groups in total. The summed E-state index contributed by atoms with van der Waals surface area (Å²) in [6.45, 7) is 1.79. The molecule has 0 saturated carbocycles. The molecule has 20 heavy (non-hydrogen) atoms. The number of methoxy groups -OCH3 is 1. The van der Waals surface area contributed by atoms with Crippen LogP contribution in [-0.2, 0) is 22.9 Å². The maximum Gasteiger partial charge on any atom is 0.246 e. The minimum Gasteiger partial charge on any atom is -0.495 e. The lowest BCUT2D eigenvalue weighted by atomic mass is 10.0. The van der Waals surface area contributed by atoms with Gasteiger partial charge in [0.1, 0.15) is 10.6 Å². The third-order valence-electron chi connectivity index (χ3n) is 3.39. The van der Waals surface area contributed by atoms with Gasteiger partial charge in [0.25, 0.3) is 0 Å². The van der Waals surface area contributed by atoms with Crippen molar-refractivity contribution in [2.24, 2.45) is 0 Å². The minimum absolute atomic E-state index is 0. The Morgan fingerprint density at radius 2 is 1.70 bits per heavy atom. The molecule has 0 aromatic heterocycles. The highest BCUT2D eigenvalue weighted by atomic mass is 35.5. The van der Waals surface area contributed by atoms with E-state index in [1.165, 1.54) is 31.1 Å². The SMILES string of the molecule is COc1cc2c(cc1S(=O)(=O)N(C)C)CCNCC2.Cl. The average molecular weight is 321 g/mol. The Kier molecular flexibility index (Phi) is 5.82. The van der Waals surface area contributed by atoms with E-state index in [9.17, 15) is 8.42 Å². The van der Waals surface area contributed by atoms with Crippen LogP contribution in [0.5, 0.6) is 5.75 Å². The van der Waals surface area contributed by atoms with Crippen molar-refractivity contribution >= 4 is 22.4 Å². The van der Waals surface area contributed by atoms with E-state index in [-0.39, 0.29) is 17.3 Å². The largest absolute Gasteiger partial charge is 0.495 e. The van der Waals surface area contributed by atoms with Crippen molar-refractivity contribution in [3.63, 3.8) is 0 Å². The molecule has 0 aliphatic carbocycles. The van der Waals surface area contributed by atoms with Crippen molar-refractivity contribution in [3.05, 3.63) is 23.3 Å². The maximum absolute atomic E-state index is 12.3. The number of nitrogens with one attached hydrogen (secondary N) is 1. The Bertz CT molecular complexity index is 573. The lowest BCUT2D eigenvalue weighted by Gasteiger charge is -2.17. The summed E-state index contributed by atoms with van der Waals surface area (Å²) in [7, 11) is 1.09. The number of sulfonamides is 1. The highest BCUT2D eigenvalue weighted by Gasteiger charge is 2.24. The van der Waals surface area contributed by atoms with E-state index in [2.05, 4.69) is 5.32 Å². The summed E-state index contributed by atoms with van der Waals surface area (Å²) >= 11 is 0. The predicted molar refractivity (Wildman–Crippen MR) is 81.4 cm³/mol. The zero-order valence-corrected chi connectivity index (χ0v) is 13.6. The highest BCUT2D eigenvalue weighted by Crippen LogP contribution is 2.30. The van der Waals surface area contributed by atoms with Gasteiger partial charge < -0.3 is 10.1 Å².